The second kappa shape index (κ2) is 8.57. The standard InChI is InChI=1S/C26H21N3O5/c1-17-11-14-20(15-12-17)28-22(16-13-18-7-5-6-10-21(18)29(32)33)23-24(34-28)26(31)27(25(23)30)19-8-3-2-4-9-19/h2-16,22-24H,1H3/b16-13+/t22-,23+,24-/m1/s1. The maximum Gasteiger partial charge on any atom is 0.276 e. The molecule has 0 unspecified atom stereocenters. The molecule has 3 atom stereocenters. The summed E-state index contributed by atoms with van der Waals surface area (Å²) < 4.78 is 0. The highest BCUT2D eigenvalue weighted by Crippen LogP contribution is 2.41. The van der Waals surface area contributed by atoms with E-state index in [2.05, 4.69) is 0 Å². The summed E-state index contributed by atoms with van der Waals surface area (Å²) in [7, 11) is 0. The summed E-state index contributed by atoms with van der Waals surface area (Å²) >= 11 is 0. The molecule has 3 aromatic rings. The summed E-state index contributed by atoms with van der Waals surface area (Å²) in [4.78, 5) is 44.9. The molecule has 8 nitrogen and oxygen atoms in total. The van der Waals surface area contributed by atoms with Crippen LogP contribution in [0.2, 0.25) is 0 Å². The van der Waals surface area contributed by atoms with Gasteiger partial charge in [-0.3, -0.25) is 24.5 Å². The number of rotatable bonds is 5. The molecule has 0 N–H and O–H groups in total. The van der Waals surface area contributed by atoms with Gasteiger partial charge in [-0.25, -0.2) is 9.96 Å². The Morgan fingerprint density at radius 2 is 1.56 bits per heavy atom. The molecule has 0 aromatic heterocycles. The zero-order valence-corrected chi connectivity index (χ0v) is 18.3. The van der Waals surface area contributed by atoms with Crippen molar-refractivity contribution >= 4 is 35.0 Å². The highest BCUT2D eigenvalue weighted by molar-refractivity contribution is 6.24. The predicted octanol–water partition coefficient (Wildman–Crippen LogP) is 4.30. The van der Waals surface area contributed by atoms with Gasteiger partial charge in [-0.15, -0.1) is 0 Å². The summed E-state index contributed by atoms with van der Waals surface area (Å²) in [6.07, 6.45) is 2.32. The molecule has 0 spiro atoms. The number of para-hydroxylation sites is 2. The molecule has 8 heteroatoms. The van der Waals surface area contributed by atoms with Gasteiger partial charge >= 0.3 is 0 Å². The van der Waals surface area contributed by atoms with Gasteiger partial charge in [0.05, 0.1) is 27.9 Å². The van der Waals surface area contributed by atoms with Crippen molar-refractivity contribution < 1.29 is 19.3 Å². The lowest BCUT2D eigenvalue weighted by Crippen LogP contribution is -2.39. The van der Waals surface area contributed by atoms with Gasteiger partial charge in [0.15, 0.2) is 6.10 Å². The largest absolute Gasteiger partial charge is 0.276 e. The molecule has 5 rings (SSSR count). The molecule has 0 bridgehead atoms. The smallest absolute Gasteiger partial charge is 0.273 e. The van der Waals surface area contributed by atoms with Crippen molar-refractivity contribution in [3.8, 4) is 0 Å². The lowest BCUT2D eigenvalue weighted by molar-refractivity contribution is -0.385. The molecule has 2 amide bonds. The Kier molecular flexibility index (Phi) is 5.43. The first-order valence-electron chi connectivity index (χ1n) is 10.8. The van der Waals surface area contributed by atoms with Crippen molar-refractivity contribution in [2.24, 2.45) is 5.92 Å². The van der Waals surface area contributed by atoms with Gasteiger partial charge in [-0.1, -0.05) is 54.1 Å². The van der Waals surface area contributed by atoms with Gasteiger partial charge < -0.3 is 0 Å². The van der Waals surface area contributed by atoms with Gasteiger partial charge in [0.1, 0.15) is 5.92 Å². The number of hydrogen-bond acceptors (Lipinski definition) is 6. The molecule has 2 saturated heterocycles. The van der Waals surface area contributed by atoms with E-state index in [0.717, 1.165) is 10.5 Å². The van der Waals surface area contributed by atoms with Crippen LogP contribution in [0.25, 0.3) is 6.08 Å². The first kappa shape index (κ1) is 21.5. The van der Waals surface area contributed by atoms with Crippen molar-refractivity contribution in [3.05, 3.63) is 106 Å². The highest BCUT2D eigenvalue weighted by Gasteiger charge is 2.59. The van der Waals surface area contributed by atoms with E-state index in [1.165, 1.54) is 6.07 Å². The number of carbonyl (C=O) groups excluding carboxylic acids is 2. The lowest BCUT2D eigenvalue weighted by atomic mass is 9.95. The number of hydrogen-bond donors (Lipinski definition) is 0. The van der Waals surface area contributed by atoms with E-state index in [9.17, 15) is 19.7 Å². The Labute approximate surface area is 195 Å². The molecule has 0 radical (unpaired) electrons. The van der Waals surface area contributed by atoms with Crippen molar-refractivity contribution in [1.29, 1.82) is 0 Å². The molecule has 34 heavy (non-hydrogen) atoms. The lowest BCUT2D eigenvalue weighted by Gasteiger charge is -2.26. The third kappa shape index (κ3) is 3.64. The number of imide groups is 1. The second-order valence-electron chi connectivity index (χ2n) is 8.23. The van der Waals surface area contributed by atoms with Crippen molar-refractivity contribution in [1.82, 2.24) is 0 Å². The van der Waals surface area contributed by atoms with Crippen molar-refractivity contribution in [2.45, 2.75) is 19.1 Å². The molecule has 3 aromatic carbocycles. The average molecular weight is 455 g/mol. The van der Waals surface area contributed by atoms with Gasteiger partial charge in [-0.2, -0.15) is 0 Å². The number of fused-ring (bicyclic) bond motifs is 1. The van der Waals surface area contributed by atoms with Crippen LogP contribution in [0.5, 0.6) is 0 Å². The summed E-state index contributed by atoms with van der Waals surface area (Å²) in [6.45, 7) is 1.96. The first-order chi connectivity index (χ1) is 16.5. The molecular weight excluding hydrogens is 434 g/mol. The molecule has 2 aliphatic heterocycles. The zero-order valence-electron chi connectivity index (χ0n) is 18.3. The summed E-state index contributed by atoms with van der Waals surface area (Å²) in [5.41, 5.74) is 2.58. The van der Waals surface area contributed by atoms with E-state index in [0.29, 0.717) is 16.9 Å². The maximum atomic E-state index is 13.5. The minimum atomic E-state index is -0.991. The van der Waals surface area contributed by atoms with E-state index >= 15 is 0 Å². The summed E-state index contributed by atoms with van der Waals surface area (Å²) in [6, 6.07) is 22.0. The predicted molar refractivity (Wildman–Crippen MR) is 127 cm³/mol. The Bertz CT molecular complexity index is 1290. The van der Waals surface area contributed by atoms with Crippen LogP contribution in [-0.4, -0.2) is 28.9 Å². The number of aryl methyl sites for hydroxylation is 1. The van der Waals surface area contributed by atoms with Crippen LogP contribution in [-0.2, 0) is 14.4 Å². The quantitative estimate of drug-likeness (QED) is 0.324. The van der Waals surface area contributed by atoms with Gasteiger partial charge in [0.2, 0.25) is 5.91 Å². The number of nitro groups is 1. The fourth-order valence-electron chi connectivity index (χ4n) is 4.39. The molecule has 0 aliphatic carbocycles. The summed E-state index contributed by atoms with van der Waals surface area (Å²) in [5.74, 6) is -1.60. The van der Waals surface area contributed by atoms with Crippen LogP contribution < -0.4 is 9.96 Å². The number of hydroxylamine groups is 1. The first-order valence-corrected chi connectivity index (χ1v) is 10.8. The Morgan fingerprint density at radius 3 is 2.26 bits per heavy atom. The normalized spacial score (nSPS) is 22.0. The molecule has 0 saturated carbocycles. The third-order valence-electron chi connectivity index (χ3n) is 6.07. The topological polar surface area (TPSA) is 93.0 Å². The fourth-order valence-corrected chi connectivity index (χ4v) is 4.39. The minimum Gasteiger partial charge on any atom is -0.273 e. The monoisotopic (exact) mass is 455 g/mol. The Balaban J connectivity index is 1.55. The maximum absolute atomic E-state index is 13.5. The molecule has 2 heterocycles. The van der Waals surface area contributed by atoms with Gasteiger partial charge in [0.25, 0.3) is 11.6 Å². The van der Waals surface area contributed by atoms with Crippen LogP contribution >= 0.6 is 0 Å². The molecule has 2 aliphatic rings. The third-order valence-corrected chi connectivity index (χ3v) is 6.07. The molecule has 2 fully saturated rings. The Morgan fingerprint density at radius 1 is 0.882 bits per heavy atom. The van der Waals surface area contributed by atoms with Gasteiger partial charge in [0, 0.05) is 6.07 Å². The number of anilines is 2. The van der Waals surface area contributed by atoms with Crippen LogP contribution in [0.1, 0.15) is 11.1 Å². The zero-order chi connectivity index (χ0) is 23.8. The number of benzene rings is 3. The van der Waals surface area contributed by atoms with Crippen molar-refractivity contribution in [2.75, 3.05) is 9.96 Å². The van der Waals surface area contributed by atoms with Crippen molar-refractivity contribution in [3.63, 3.8) is 0 Å². The Hall–Kier alpha value is -4.30. The SMILES string of the molecule is Cc1ccc(N2O[C@H]3C(=O)N(c4ccccc4)C(=O)[C@H]3[C@H]2/C=C/c2ccccc2[N+](=O)[O-])cc1. The summed E-state index contributed by atoms with van der Waals surface area (Å²) in [5, 5.41) is 13.0. The fraction of sp³-hybridized carbons (Fsp3) is 0.154. The average Bonchev–Trinajstić information content (AvgIpc) is 3.34. The van der Waals surface area contributed by atoms with E-state index in [4.69, 9.17) is 4.84 Å². The minimum absolute atomic E-state index is 0.0455. The number of carbonyl (C=O) groups is 2. The van der Waals surface area contributed by atoms with Crippen LogP contribution in [0.4, 0.5) is 17.1 Å². The highest BCUT2D eigenvalue weighted by atomic mass is 16.7. The number of nitro benzene ring substituents is 1. The number of nitrogens with zero attached hydrogens (tertiary/aromatic N) is 3. The van der Waals surface area contributed by atoms with E-state index in [1.54, 1.807) is 59.7 Å². The van der Waals surface area contributed by atoms with Crippen LogP contribution in [0.15, 0.2) is 84.9 Å². The van der Waals surface area contributed by atoms with Gasteiger partial charge in [-0.05, 0) is 43.3 Å². The molecule has 170 valence electrons. The van der Waals surface area contributed by atoms with Crippen LogP contribution in [0.3, 0.4) is 0 Å². The van der Waals surface area contributed by atoms with E-state index in [-0.39, 0.29) is 11.6 Å². The second-order valence-corrected chi connectivity index (χ2v) is 8.23. The number of amides is 2. The molecular formula is C26H21N3O5. The van der Waals surface area contributed by atoms with Crippen LogP contribution in [0, 0.1) is 23.0 Å². The van der Waals surface area contributed by atoms with E-state index in [1.807, 2.05) is 37.3 Å². The van der Waals surface area contributed by atoms with E-state index < -0.39 is 28.9 Å².